The third-order valence-corrected chi connectivity index (χ3v) is 10.6. The molecule has 31 heavy (non-hydrogen) atoms. The van der Waals surface area contributed by atoms with Gasteiger partial charge in [-0.05, 0) is 98.9 Å². The summed E-state index contributed by atoms with van der Waals surface area (Å²) in [6.07, 6.45) is 17.3. The third kappa shape index (κ3) is 3.92. The van der Waals surface area contributed by atoms with Crippen molar-refractivity contribution in [1.29, 1.82) is 5.26 Å². The van der Waals surface area contributed by atoms with Gasteiger partial charge in [0.05, 0.1) is 11.7 Å². The first-order valence-electron chi connectivity index (χ1n) is 13.1. The number of fused-ring (bicyclic) bond motifs is 5. The monoisotopic (exact) mass is 425 g/mol. The Morgan fingerprint density at radius 1 is 1.03 bits per heavy atom. The zero-order chi connectivity index (χ0) is 22.3. The molecular formula is C28H43NO2. The van der Waals surface area contributed by atoms with Crippen LogP contribution in [0.25, 0.3) is 0 Å². The van der Waals surface area contributed by atoms with Gasteiger partial charge < -0.3 is 5.11 Å². The van der Waals surface area contributed by atoms with Gasteiger partial charge in [-0.15, -0.1) is 0 Å². The molecule has 0 aromatic rings. The fourth-order valence-corrected chi connectivity index (χ4v) is 8.38. The lowest BCUT2D eigenvalue weighted by Crippen LogP contribution is -2.56. The predicted molar refractivity (Wildman–Crippen MR) is 124 cm³/mol. The molecule has 4 rings (SSSR count). The lowest BCUT2D eigenvalue weighted by Gasteiger charge is -2.61. The minimum absolute atomic E-state index is 0.0474. The first-order chi connectivity index (χ1) is 14.7. The number of hydrogen-bond acceptors (Lipinski definition) is 3. The molecule has 3 nitrogen and oxygen atoms in total. The first-order valence-corrected chi connectivity index (χ1v) is 13.1. The van der Waals surface area contributed by atoms with Crippen LogP contribution in [0.4, 0.5) is 0 Å². The van der Waals surface area contributed by atoms with Crippen molar-refractivity contribution in [2.75, 3.05) is 0 Å². The standard InChI is InChI=1S/C28H43NO2/c1-26-14-11-22(30)19-21(26)18-20(10-8-6-4-5-7-9-17-29)25-23(26)12-15-27(2)24(25)13-16-28(27,3)31/h19-20,23-25,31H,4-16,18H2,1-3H3/t20-,23?,24?,25?,26+,27+,28+/m1/s1. The predicted octanol–water partition coefficient (Wildman–Crippen LogP) is 6.75. The van der Waals surface area contributed by atoms with E-state index in [4.69, 9.17) is 5.26 Å². The zero-order valence-corrected chi connectivity index (χ0v) is 20.1. The highest BCUT2D eigenvalue weighted by molar-refractivity contribution is 5.91. The molecule has 0 aromatic carbocycles. The number of allylic oxidation sites excluding steroid dienone is 1. The van der Waals surface area contributed by atoms with Crippen LogP contribution in [0, 0.1) is 45.8 Å². The van der Waals surface area contributed by atoms with E-state index in [1.807, 2.05) is 6.08 Å². The number of nitrogens with zero attached hydrogens (tertiary/aromatic N) is 1. The molecule has 3 unspecified atom stereocenters. The molecular weight excluding hydrogens is 382 g/mol. The van der Waals surface area contributed by atoms with E-state index in [0.717, 1.165) is 38.5 Å². The van der Waals surface area contributed by atoms with Crippen LogP contribution in [0.3, 0.4) is 0 Å². The van der Waals surface area contributed by atoms with E-state index in [-0.39, 0.29) is 10.8 Å². The van der Waals surface area contributed by atoms with Gasteiger partial charge in [-0.2, -0.15) is 5.26 Å². The average molecular weight is 426 g/mol. The maximum Gasteiger partial charge on any atom is 0.155 e. The highest BCUT2D eigenvalue weighted by Crippen LogP contribution is 2.69. The first kappa shape index (κ1) is 23.0. The molecule has 4 aliphatic carbocycles. The fourth-order valence-electron chi connectivity index (χ4n) is 8.38. The number of carbonyl (C=O) groups is 1. The van der Waals surface area contributed by atoms with E-state index in [1.165, 1.54) is 50.5 Å². The highest BCUT2D eigenvalue weighted by atomic mass is 16.3. The third-order valence-electron chi connectivity index (χ3n) is 10.6. The Morgan fingerprint density at radius 3 is 2.52 bits per heavy atom. The Kier molecular flexibility index (Phi) is 6.43. The smallest absolute Gasteiger partial charge is 0.155 e. The molecule has 0 radical (unpaired) electrons. The quantitative estimate of drug-likeness (QED) is 0.459. The van der Waals surface area contributed by atoms with Crippen molar-refractivity contribution in [3.05, 3.63) is 11.6 Å². The molecule has 172 valence electrons. The van der Waals surface area contributed by atoms with Crippen molar-refractivity contribution < 1.29 is 9.90 Å². The molecule has 0 heterocycles. The summed E-state index contributed by atoms with van der Waals surface area (Å²) in [6.45, 7) is 6.94. The minimum Gasteiger partial charge on any atom is -0.390 e. The highest BCUT2D eigenvalue weighted by Gasteiger charge is 2.64. The van der Waals surface area contributed by atoms with Crippen molar-refractivity contribution in [1.82, 2.24) is 0 Å². The molecule has 0 aliphatic heterocycles. The van der Waals surface area contributed by atoms with Gasteiger partial charge in [-0.1, -0.05) is 45.1 Å². The van der Waals surface area contributed by atoms with Crippen molar-refractivity contribution >= 4 is 5.78 Å². The summed E-state index contributed by atoms with van der Waals surface area (Å²) in [6, 6.07) is 2.25. The molecule has 0 amide bonds. The molecule has 0 bridgehead atoms. The van der Waals surface area contributed by atoms with Crippen molar-refractivity contribution in [2.45, 2.75) is 116 Å². The van der Waals surface area contributed by atoms with Crippen molar-refractivity contribution in [3.63, 3.8) is 0 Å². The summed E-state index contributed by atoms with van der Waals surface area (Å²) < 4.78 is 0. The summed E-state index contributed by atoms with van der Waals surface area (Å²) in [7, 11) is 0. The zero-order valence-electron chi connectivity index (χ0n) is 20.1. The van der Waals surface area contributed by atoms with Gasteiger partial charge >= 0.3 is 0 Å². The van der Waals surface area contributed by atoms with Gasteiger partial charge in [-0.3, -0.25) is 4.79 Å². The van der Waals surface area contributed by atoms with E-state index in [2.05, 4.69) is 26.8 Å². The summed E-state index contributed by atoms with van der Waals surface area (Å²) in [5.41, 5.74) is 1.17. The second-order valence-corrected chi connectivity index (χ2v) is 12.0. The summed E-state index contributed by atoms with van der Waals surface area (Å²) in [5, 5.41) is 20.0. The molecule has 3 heteroatoms. The Labute approximate surface area is 189 Å². The molecule has 0 aromatic heterocycles. The molecule has 4 aliphatic rings. The Balaban J connectivity index is 1.53. The van der Waals surface area contributed by atoms with E-state index in [0.29, 0.717) is 35.9 Å². The maximum absolute atomic E-state index is 12.3. The van der Waals surface area contributed by atoms with Crippen LogP contribution in [0.1, 0.15) is 111 Å². The second-order valence-electron chi connectivity index (χ2n) is 12.0. The van der Waals surface area contributed by atoms with Gasteiger partial charge in [0.1, 0.15) is 0 Å². The molecule has 1 N–H and O–H groups in total. The van der Waals surface area contributed by atoms with Crippen molar-refractivity contribution in [3.8, 4) is 6.07 Å². The molecule has 0 spiro atoms. The number of rotatable bonds is 7. The van der Waals surface area contributed by atoms with Crippen LogP contribution in [-0.4, -0.2) is 16.5 Å². The minimum atomic E-state index is -0.534. The van der Waals surface area contributed by atoms with Gasteiger partial charge in [0.2, 0.25) is 0 Å². The summed E-state index contributed by atoms with van der Waals surface area (Å²) in [5.74, 6) is 2.99. The van der Waals surface area contributed by atoms with Gasteiger partial charge in [-0.25, -0.2) is 0 Å². The summed E-state index contributed by atoms with van der Waals surface area (Å²) >= 11 is 0. The lowest BCUT2D eigenvalue weighted by atomic mass is 9.44. The van der Waals surface area contributed by atoms with Crippen LogP contribution in [-0.2, 0) is 4.79 Å². The largest absolute Gasteiger partial charge is 0.390 e. The van der Waals surface area contributed by atoms with Crippen LogP contribution in [0.2, 0.25) is 0 Å². The van der Waals surface area contributed by atoms with Crippen molar-refractivity contribution in [2.24, 2.45) is 34.5 Å². The van der Waals surface area contributed by atoms with E-state index < -0.39 is 5.60 Å². The molecule has 0 saturated heterocycles. The number of nitriles is 1. The van der Waals surface area contributed by atoms with E-state index >= 15 is 0 Å². The number of hydrogen-bond donors (Lipinski definition) is 1. The average Bonchev–Trinajstić information content (AvgIpc) is 2.97. The number of aliphatic hydroxyl groups is 1. The van der Waals surface area contributed by atoms with Gasteiger partial charge in [0, 0.05) is 12.8 Å². The normalized spacial score (nSPS) is 44.1. The Morgan fingerprint density at radius 2 is 1.74 bits per heavy atom. The maximum atomic E-state index is 12.3. The van der Waals surface area contributed by atoms with Crippen LogP contribution < -0.4 is 0 Å². The van der Waals surface area contributed by atoms with Crippen LogP contribution >= 0.6 is 0 Å². The van der Waals surface area contributed by atoms with E-state index in [1.54, 1.807) is 0 Å². The topological polar surface area (TPSA) is 61.1 Å². The molecule has 7 atom stereocenters. The van der Waals surface area contributed by atoms with E-state index in [9.17, 15) is 9.90 Å². The second kappa shape index (κ2) is 8.66. The summed E-state index contributed by atoms with van der Waals surface area (Å²) in [4.78, 5) is 12.3. The number of carbonyl (C=O) groups excluding carboxylic acids is 1. The molecule has 3 saturated carbocycles. The van der Waals surface area contributed by atoms with Gasteiger partial charge in [0.25, 0.3) is 0 Å². The Hall–Kier alpha value is -1.14. The SMILES string of the molecule is C[C@]12CCC(=O)C=C1C[C@@H](CCCCCCCC#N)C1C2CC[C@@]2(C)C1CC[C@]2(C)O. The number of unbranched alkanes of at least 4 members (excludes halogenated alkanes) is 5. The lowest BCUT2D eigenvalue weighted by molar-refractivity contribution is -0.135. The molecule has 3 fully saturated rings. The number of ketones is 1. The Bertz CT molecular complexity index is 761. The fraction of sp³-hybridized carbons (Fsp3) is 0.857. The van der Waals surface area contributed by atoms with Crippen LogP contribution in [0.5, 0.6) is 0 Å². The van der Waals surface area contributed by atoms with Crippen LogP contribution in [0.15, 0.2) is 11.6 Å². The van der Waals surface area contributed by atoms with Gasteiger partial charge in [0.15, 0.2) is 5.78 Å².